The van der Waals surface area contributed by atoms with E-state index in [1.54, 1.807) is 0 Å². The maximum Gasteiger partial charge on any atom is 0.367 e. The van der Waals surface area contributed by atoms with Gasteiger partial charge in [0.15, 0.2) is 13.2 Å². The van der Waals surface area contributed by atoms with E-state index in [0.717, 1.165) is 30.4 Å². The molecule has 0 spiro atoms. The van der Waals surface area contributed by atoms with E-state index < -0.39 is 0 Å². The third kappa shape index (κ3) is 4.44. The molecule has 1 aliphatic rings. The first kappa shape index (κ1) is 18.5. The Hall–Kier alpha value is -2.33. The van der Waals surface area contributed by atoms with Crippen molar-refractivity contribution in [2.24, 2.45) is 0 Å². The molecule has 1 aliphatic heterocycles. The van der Waals surface area contributed by atoms with Gasteiger partial charge in [-0.2, -0.15) is 0 Å². The smallest absolute Gasteiger partial charge is 0.367 e. The minimum Gasteiger partial charge on any atom is -0.422 e. The van der Waals surface area contributed by atoms with Gasteiger partial charge < -0.3 is 9.64 Å². The number of quaternary nitrogens is 1. The Kier molecular flexibility index (Phi) is 5.94. The minimum atomic E-state index is -0.170. The molecule has 0 amide bonds. The predicted molar refractivity (Wildman–Crippen MR) is 105 cm³/mol. The van der Waals surface area contributed by atoms with E-state index in [0.29, 0.717) is 16.8 Å². The highest BCUT2D eigenvalue weighted by Gasteiger charge is 2.34. The summed E-state index contributed by atoms with van der Waals surface area (Å²) in [6.07, 6.45) is 9.04. The topological polar surface area (TPSA) is 29.5 Å². The van der Waals surface area contributed by atoms with Crippen LogP contribution in [-0.4, -0.2) is 42.2 Å². The summed E-state index contributed by atoms with van der Waals surface area (Å²) < 4.78 is 6.43. The Labute approximate surface area is 156 Å². The van der Waals surface area contributed by atoms with Gasteiger partial charge in [-0.25, -0.2) is 4.79 Å². The van der Waals surface area contributed by atoms with E-state index in [1.165, 1.54) is 19.3 Å². The van der Waals surface area contributed by atoms with Crippen LogP contribution in [0.2, 0.25) is 0 Å². The molecule has 2 aromatic rings. The molecule has 0 radical (unpaired) electrons. The molecule has 0 aliphatic carbocycles. The van der Waals surface area contributed by atoms with Gasteiger partial charge in [0.1, 0.15) is 11.9 Å². The van der Waals surface area contributed by atoms with Gasteiger partial charge in [0.2, 0.25) is 0 Å². The number of hydrogen-bond acceptors (Lipinski definition) is 3. The van der Waals surface area contributed by atoms with E-state index in [-0.39, 0.29) is 5.97 Å². The minimum absolute atomic E-state index is 0.170. The molecule has 0 fully saturated rings. The number of fused-ring (bicyclic) bond motifs is 1. The molecule has 3 rings (SSSR count). The van der Waals surface area contributed by atoms with Gasteiger partial charge in [0.05, 0.1) is 12.7 Å². The van der Waals surface area contributed by atoms with Crippen molar-refractivity contribution in [3.05, 3.63) is 54.9 Å². The SMILES string of the molecule is CCCCCC[N+]1(CC(=O)Oc2cccc3ccccc23)C=CN(C)C1. The lowest BCUT2D eigenvalue weighted by atomic mass is 10.1. The molecule has 0 bridgehead atoms. The molecular weight excluding hydrogens is 324 g/mol. The van der Waals surface area contributed by atoms with Crippen LogP contribution in [0.5, 0.6) is 5.75 Å². The van der Waals surface area contributed by atoms with Crippen LogP contribution in [0.15, 0.2) is 54.9 Å². The molecular formula is C22H29N2O2+. The number of ether oxygens (including phenoxy) is 1. The lowest BCUT2D eigenvalue weighted by molar-refractivity contribution is -0.874. The highest BCUT2D eigenvalue weighted by atomic mass is 16.5. The molecule has 2 aromatic carbocycles. The van der Waals surface area contributed by atoms with Crippen LogP contribution in [0.3, 0.4) is 0 Å². The van der Waals surface area contributed by atoms with Gasteiger partial charge in [0.25, 0.3) is 0 Å². The van der Waals surface area contributed by atoms with Crippen molar-refractivity contribution in [1.82, 2.24) is 4.90 Å². The molecule has 1 atom stereocenters. The normalized spacial score (nSPS) is 19.2. The number of rotatable bonds is 8. The third-order valence-corrected chi connectivity index (χ3v) is 5.02. The highest BCUT2D eigenvalue weighted by Crippen LogP contribution is 2.26. The zero-order valence-electron chi connectivity index (χ0n) is 15.9. The Bertz CT molecular complexity index is 781. The maximum atomic E-state index is 12.7. The summed E-state index contributed by atoms with van der Waals surface area (Å²) in [5.74, 6) is 0.477. The Morgan fingerprint density at radius 2 is 1.92 bits per heavy atom. The molecule has 138 valence electrons. The first-order chi connectivity index (χ1) is 12.6. The third-order valence-electron chi connectivity index (χ3n) is 5.02. The molecule has 26 heavy (non-hydrogen) atoms. The first-order valence-corrected chi connectivity index (χ1v) is 9.56. The van der Waals surface area contributed by atoms with Crippen LogP contribution >= 0.6 is 0 Å². The van der Waals surface area contributed by atoms with Crippen molar-refractivity contribution in [3.8, 4) is 5.75 Å². The molecule has 4 heteroatoms. The molecule has 0 aromatic heterocycles. The van der Waals surface area contributed by atoms with Crippen LogP contribution < -0.4 is 4.74 Å². The Morgan fingerprint density at radius 1 is 1.12 bits per heavy atom. The summed E-state index contributed by atoms with van der Waals surface area (Å²) >= 11 is 0. The van der Waals surface area contributed by atoms with E-state index in [2.05, 4.69) is 31.3 Å². The van der Waals surface area contributed by atoms with Crippen molar-refractivity contribution >= 4 is 16.7 Å². The second-order valence-electron chi connectivity index (χ2n) is 7.31. The second-order valence-corrected chi connectivity index (χ2v) is 7.31. The summed E-state index contributed by atoms with van der Waals surface area (Å²) in [7, 11) is 2.05. The molecule has 0 saturated carbocycles. The van der Waals surface area contributed by atoms with Crippen molar-refractivity contribution in [3.63, 3.8) is 0 Å². The summed E-state index contributed by atoms with van der Waals surface area (Å²) in [5, 5.41) is 2.06. The number of esters is 1. The van der Waals surface area contributed by atoms with Crippen molar-refractivity contribution in [2.75, 3.05) is 26.8 Å². The van der Waals surface area contributed by atoms with E-state index in [9.17, 15) is 4.79 Å². The number of hydrogen-bond donors (Lipinski definition) is 0. The van der Waals surface area contributed by atoms with Crippen LogP contribution in [-0.2, 0) is 4.79 Å². The van der Waals surface area contributed by atoms with Gasteiger partial charge in [-0.05, 0) is 24.3 Å². The molecule has 0 saturated heterocycles. The fraction of sp³-hybridized carbons (Fsp3) is 0.409. The van der Waals surface area contributed by atoms with Gasteiger partial charge in [0, 0.05) is 12.4 Å². The largest absolute Gasteiger partial charge is 0.422 e. The van der Waals surface area contributed by atoms with Gasteiger partial charge in [-0.1, -0.05) is 56.2 Å². The summed E-state index contributed by atoms with van der Waals surface area (Å²) in [5.41, 5.74) is 0. The quantitative estimate of drug-likeness (QED) is 0.302. The molecule has 4 nitrogen and oxygen atoms in total. The lowest BCUT2D eigenvalue weighted by Gasteiger charge is -2.31. The number of unbranched alkanes of at least 4 members (excludes halogenated alkanes) is 3. The first-order valence-electron chi connectivity index (χ1n) is 9.56. The molecule has 1 unspecified atom stereocenters. The standard InChI is InChI=1S/C22H29N2O2/c1-3-4-5-8-15-24(16-14-23(2)18-24)17-22(25)26-21-13-9-11-19-10-6-7-12-20(19)21/h6-7,9-14,16H,3-5,8,15,17-18H2,1-2H3/q+1. The fourth-order valence-corrected chi connectivity index (χ4v) is 3.67. The average molecular weight is 353 g/mol. The van der Waals surface area contributed by atoms with Crippen LogP contribution in [0.1, 0.15) is 32.6 Å². The van der Waals surface area contributed by atoms with E-state index >= 15 is 0 Å². The van der Waals surface area contributed by atoms with Gasteiger partial charge >= 0.3 is 5.97 Å². The number of benzene rings is 2. The summed E-state index contributed by atoms with van der Waals surface area (Å²) in [6, 6.07) is 13.8. The number of nitrogens with zero attached hydrogens (tertiary/aromatic N) is 2. The number of carbonyl (C=O) groups is 1. The van der Waals surface area contributed by atoms with Gasteiger partial charge in [-0.15, -0.1) is 0 Å². The van der Waals surface area contributed by atoms with Gasteiger partial charge in [-0.3, -0.25) is 4.48 Å². The second kappa shape index (κ2) is 8.37. The monoisotopic (exact) mass is 353 g/mol. The molecule has 1 heterocycles. The predicted octanol–water partition coefficient (Wildman–Crippen LogP) is 4.52. The summed E-state index contributed by atoms with van der Waals surface area (Å²) in [6.45, 7) is 4.40. The van der Waals surface area contributed by atoms with E-state index in [1.807, 2.05) is 42.5 Å². The van der Waals surface area contributed by atoms with Crippen LogP contribution in [0.25, 0.3) is 10.8 Å². The molecule has 0 N–H and O–H groups in total. The van der Waals surface area contributed by atoms with Crippen LogP contribution in [0, 0.1) is 0 Å². The number of carbonyl (C=O) groups excluding carboxylic acids is 1. The maximum absolute atomic E-state index is 12.7. The fourth-order valence-electron chi connectivity index (χ4n) is 3.67. The highest BCUT2D eigenvalue weighted by molar-refractivity contribution is 5.90. The average Bonchev–Trinajstić information content (AvgIpc) is 3.00. The Morgan fingerprint density at radius 3 is 2.69 bits per heavy atom. The Balaban J connectivity index is 1.69. The van der Waals surface area contributed by atoms with Crippen molar-refractivity contribution in [2.45, 2.75) is 32.6 Å². The summed E-state index contributed by atoms with van der Waals surface area (Å²) in [4.78, 5) is 14.9. The van der Waals surface area contributed by atoms with E-state index in [4.69, 9.17) is 4.74 Å². The zero-order valence-corrected chi connectivity index (χ0v) is 15.9. The van der Waals surface area contributed by atoms with Crippen LogP contribution in [0.4, 0.5) is 0 Å². The lowest BCUT2D eigenvalue weighted by Crippen LogP contribution is -2.49. The zero-order chi connectivity index (χ0) is 18.4. The van der Waals surface area contributed by atoms with Crippen molar-refractivity contribution in [1.29, 1.82) is 0 Å². The van der Waals surface area contributed by atoms with Crippen molar-refractivity contribution < 1.29 is 14.0 Å².